The van der Waals surface area contributed by atoms with Gasteiger partial charge in [-0.25, -0.2) is 8.42 Å². The molecule has 0 unspecified atom stereocenters. The number of carbonyl (C=O) groups excluding carboxylic acids is 1. The van der Waals surface area contributed by atoms with Crippen LogP contribution in [0.4, 0.5) is 0 Å². The van der Waals surface area contributed by atoms with E-state index in [9.17, 15) is 13.2 Å². The van der Waals surface area contributed by atoms with E-state index in [2.05, 4.69) is 10.1 Å². The number of rotatable bonds is 5. The average Bonchev–Trinajstić information content (AvgIpc) is 3.40. The summed E-state index contributed by atoms with van der Waals surface area (Å²) in [5.41, 5.74) is 1.90. The van der Waals surface area contributed by atoms with Gasteiger partial charge in [-0.2, -0.15) is 9.29 Å². The molecule has 9 heteroatoms. The van der Waals surface area contributed by atoms with Crippen molar-refractivity contribution in [2.75, 3.05) is 26.2 Å². The Labute approximate surface area is 206 Å². The molecule has 3 aromatic rings. The molecule has 0 bridgehead atoms. The lowest BCUT2D eigenvalue weighted by Crippen LogP contribution is -2.48. The van der Waals surface area contributed by atoms with Crippen LogP contribution >= 0.6 is 0 Å². The fourth-order valence-electron chi connectivity index (χ4n) is 4.94. The molecule has 8 nitrogen and oxygen atoms in total. The summed E-state index contributed by atoms with van der Waals surface area (Å²) in [5.74, 6) is 1.07. The first-order valence-corrected chi connectivity index (χ1v) is 13.6. The van der Waals surface area contributed by atoms with Crippen LogP contribution in [-0.4, -0.2) is 59.8 Å². The Balaban J connectivity index is 1.19. The molecule has 184 valence electrons. The lowest BCUT2D eigenvalue weighted by molar-refractivity contribution is -0.137. The predicted molar refractivity (Wildman–Crippen MR) is 131 cm³/mol. The molecule has 2 aliphatic rings. The number of aryl methyl sites for hydroxylation is 1. The maximum absolute atomic E-state index is 13.3. The van der Waals surface area contributed by atoms with Crippen molar-refractivity contribution >= 4 is 15.9 Å². The largest absolute Gasteiger partial charge is 0.342 e. The zero-order chi connectivity index (χ0) is 24.4. The SMILES string of the molecule is Cc1ccc(S(=O)(=O)N2CCC[C@H](C(=O)N3CCC(c4noc(-c5ccccc5)n4)CC3)C2)cc1. The summed E-state index contributed by atoms with van der Waals surface area (Å²) in [6, 6.07) is 16.6. The Bertz CT molecular complexity index is 1270. The van der Waals surface area contributed by atoms with Crippen LogP contribution in [0.15, 0.2) is 64.0 Å². The highest BCUT2D eigenvalue weighted by atomic mass is 32.2. The number of carbonyl (C=O) groups is 1. The minimum atomic E-state index is -3.61. The molecule has 2 aliphatic heterocycles. The smallest absolute Gasteiger partial charge is 0.257 e. The van der Waals surface area contributed by atoms with Crippen LogP contribution in [0.25, 0.3) is 11.5 Å². The molecule has 1 amide bonds. The molecule has 0 radical (unpaired) electrons. The van der Waals surface area contributed by atoms with E-state index in [1.165, 1.54) is 4.31 Å². The van der Waals surface area contributed by atoms with Crippen molar-refractivity contribution in [3.63, 3.8) is 0 Å². The standard InChI is InChI=1S/C26H30N4O4S/c1-19-9-11-23(12-10-19)35(32,33)30-15-5-8-22(18-30)26(31)29-16-13-20(14-17-29)24-27-25(34-28-24)21-6-3-2-4-7-21/h2-4,6-7,9-12,20,22H,5,8,13-18H2,1H3/t22-/m0/s1. The van der Waals surface area contributed by atoms with E-state index in [0.717, 1.165) is 24.0 Å². The van der Waals surface area contributed by atoms with Crippen molar-refractivity contribution in [3.05, 3.63) is 66.0 Å². The highest BCUT2D eigenvalue weighted by Crippen LogP contribution is 2.30. The van der Waals surface area contributed by atoms with Gasteiger partial charge in [0.15, 0.2) is 5.82 Å². The Morgan fingerprint density at radius 2 is 1.69 bits per heavy atom. The summed E-state index contributed by atoms with van der Waals surface area (Å²) < 4.78 is 33.2. The average molecular weight is 495 g/mol. The summed E-state index contributed by atoms with van der Waals surface area (Å²) in [7, 11) is -3.61. The second-order valence-corrected chi connectivity index (χ2v) is 11.4. The van der Waals surface area contributed by atoms with Gasteiger partial charge >= 0.3 is 0 Å². The molecule has 0 aliphatic carbocycles. The third-order valence-corrected chi connectivity index (χ3v) is 8.91. The number of hydrogen-bond acceptors (Lipinski definition) is 6. The zero-order valence-electron chi connectivity index (χ0n) is 19.8. The summed E-state index contributed by atoms with van der Waals surface area (Å²) in [6.45, 7) is 3.83. The fourth-order valence-corrected chi connectivity index (χ4v) is 6.46. The maximum Gasteiger partial charge on any atom is 0.257 e. The molecule has 5 rings (SSSR count). The van der Waals surface area contributed by atoms with Crippen molar-refractivity contribution in [2.24, 2.45) is 5.92 Å². The Hall–Kier alpha value is -3.04. The van der Waals surface area contributed by atoms with Gasteiger partial charge in [-0.3, -0.25) is 4.79 Å². The molecular formula is C26H30N4O4S. The third kappa shape index (κ3) is 5.01. The number of nitrogens with zero attached hydrogens (tertiary/aromatic N) is 4. The van der Waals surface area contributed by atoms with Gasteiger partial charge in [-0.1, -0.05) is 41.1 Å². The van der Waals surface area contributed by atoms with Gasteiger partial charge in [0.1, 0.15) is 0 Å². The number of amides is 1. The summed E-state index contributed by atoms with van der Waals surface area (Å²) in [5, 5.41) is 4.18. The van der Waals surface area contributed by atoms with Gasteiger partial charge in [0.05, 0.1) is 10.8 Å². The molecule has 0 saturated carbocycles. The predicted octanol–water partition coefficient (Wildman–Crippen LogP) is 3.85. The quantitative estimate of drug-likeness (QED) is 0.535. The molecule has 0 spiro atoms. The molecule has 3 heterocycles. The fraction of sp³-hybridized carbons (Fsp3) is 0.423. The topological polar surface area (TPSA) is 96.6 Å². The van der Waals surface area contributed by atoms with Gasteiger partial charge in [-0.15, -0.1) is 0 Å². The van der Waals surface area contributed by atoms with Gasteiger partial charge in [-0.05, 0) is 56.9 Å². The van der Waals surface area contributed by atoms with Crippen LogP contribution in [0.1, 0.15) is 43.0 Å². The number of likely N-dealkylation sites (tertiary alicyclic amines) is 1. The van der Waals surface area contributed by atoms with E-state index in [0.29, 0.717) is 44.2 Å². The van der Waals surface area contributed by atoms with E-state index >= 15 is 0 Å². The minimum absolute atomic E-state index is 0.0466. The number of benzene rings is 2. The number of piperidine rings is 2. The summed E-state index contributed by atoms with van der Waals surface area (Å²) >= 11 is 0. The monoisotopic (exact) mass is 494 g/mol. The number of hydrogen-bond donors (Lipinski definition) is 0. The van der Waals surface area contributed by atoms with Crippen LogP contribution in [0.5, 0.6) is 0 Å². The summed E-state index contributed by atoms with van der Waals surface area (Å²) in [6.07, 6.45) is 2.92. The molecule has 2 fully saturated rings. The van der Waals surface area contributed by atoms with Gasteiger partial charge < -0.3 is 9.42 Å². The van der Waals surface area contributed by atoms with Crippen molar-refractivity contribution in [2.45, 2.75) is 43.4 Å². The number of sulfonamides is 1. The molecule has 1 atom stereocenters. The Kier molecular flexibility index (Phi) is 6.71. The molecule has 2 saturated heterocycles. The Morgan fingerprint density at radius 3 is 2.40 bits per heavy atom. The zero-order valence-corrected chi connectivity index (χ0v) is 20.7. The lowest BCUT2D eigenvalue weighted by atomic mass is 9.93. The van der Waals surface area contributed by atoms with Crippen LogP contribution < -0.4 is 0 Å². The first kappa shape index (κ1) is 23.7. The molecular weight excluding hydrogens is 464 g/mol. The molecule has 35 heavy (non-hydrogen) atoms. The second kappa shape index (κ2) is 9.91. The van der Waals surface area contributed by atoms with Crippen LogP contribution in [0.2, 0.25) is 0 Å². The molecule has 0 N–H and O–H groups in total. The normalized spacial score (nSPS) is 20.1. The van der Waals surface area contributed by atoms with E-state index < -0.39 is 10.0 Å². The lowest BCUT2D eigenvalue weighted by Gasteiger charge is -2.37. The van der Waals surface area contributed by atoms with Gasteiger partial charge in [0.25, 0.3) is 5.89 Å². The van der Waals surface area contributed by atoms with Gasteiger partial charge in [0.2, 0.25) is 15.9 Å². The molecule has 1 aromatic heterocycles. The van der Waals surface area contributed by atoms with Crippen molar-refractivity contribution in [1.82, 2.24) is 19.3 Å². The van der Waals surface area contributed by atoms with Crippen LogP contribution in [0.3, 0.4) is 0 Å². The van der Waals surface area contributed by atoms with E-state index in [1.807, 2.05) is 42.2 Å². The van der Waals surface area contributed by atoms with E-state index in [1.54, 1.807) is 24.3 Å². The molecule has 2 aromatic carbocycles. The minimum Gasteiger partial charge on any atom is -0.342 e. The summed E-state index contributed by atoms with van der Waals surface area (Å²) in [4.78, 5) is 20.0. The second-order valence-electron chi connectivity index (χ2n) is 9.44. The number of aromatic nitrogens is 2. The first-order chi connectivity index (χ1) is 16.9. The van der Waals surface area contributed by atoms with E-state index in [4.69, 9.17) is 4.52 Å². The maximum atomic E-state index is 13.3. The first-order valence-electron chi connectivity index (χ1n) is 12.2. The van der Waals surface area contributed by atoms with Crippen molar-refractivity contribution in [3.8, 4) is 11.5 Å². The van der Waals surface area contributed by atoms with Gasteiger partial charge in [0, 0.05) is 37.7 Å². The van der Waals surface area contributed by atoms with Crippen molar-refractivity contribution < 1.29 is 17.7 Å². The highest BCUT2D eigenvalue weighted by Gasteiger charge is 2.36. The van der Waals surface area contributed by atoms with Crippen LogP contribution in [0, 0.1) is 12.8 Å². The Morgan fingerprint density at radius 1 is 0.971 bits per heavy atom. The highest BCUT2D eigenvalue weighted by molar-refractivity contribution is 7.89. The van der Waals surface area contributed by atoms with Crippen LogP contribution in [-0.2, 0) is 14.8 Å². The van der Waals surface area contributed by atoms with Crippen molar-refractivity contribution in [1.29, 1.82) is 0 Å². The van der Waals surface area contributed by atoms with E-state index in [-0.39, 0.29) is 29.2 Å². The third-order valence-electron chi connectivity index (χ3n) is 7.03.